The Morgan fingerprint density at radius 3 is 2.35 bits per heavy atom. The minimum absolute atomic E-state index is 0.279. The first-order chi connectivity index (χ1) is 9.58. The zero-order valence-corrected chi connectivity index (χ0v) is 14.5. The van der Waals surface area contributed by atoms with Crippen LogP contribution in [0, 0.1) is 0 Å². The Bertz CT molecular complexity index is 408. The highest BCUT2D eigenvalue weighted by Gasteiger charge is 2.40. The second-order valence-corrected chi connectivity index (χ2v) is 7.96. The number of halogens is 1. The topological polar surface area (TPSA) is 15.3 Å². The van der Waals surface area contributed by atoms with Crippen LogP contribution in [0.25, 0.3) is 0 Å². The van der Waals surface area contributed by atoms with Gasteiger partial charge in [-0.05, 0) is 52.5 Å². The van der Waals surface area contributed by atoms with Crippen LogP contribution in [0.2, 0.25) is 4.34 Å². The van der Waals surface area contributed by atoms with Crippen molar-refractivity contribution in [3.8, 4) is 0 Å². The van der Waals surface area contributed by atoms with E-state index in [4.69, 9.17) is 11.6 Å². The number of hydrogen-bond acceptors (Lipinski definition) is 3. The minimum Gasteiger partial charge on any atom is -0.315 e. The van der Waals surface area contributed by atoms with Gasteiger partial charge in [-0.3, -0.25) is 0 Å². The normalized spacial score (nSPS) is 20.9. The molecule has 0 bridgehead atoms. The van der Waals surface area contributed by atoms with E-state index in [9.17, 15) is 0 Å². The van der Waals surface area contributed by atoms with Crippen molar-refractivity contribution in [2.24, 2.45) is 0 Å². The molecule has 1 fully saturated rings. The third-order valence-electron chi connectivity index (χ3n) is 4.89. The molecule has 1 aliphatic carbocycles. The first kappa shape index (κ1) is 16.3. The summed E-state index contributed by atoms with van der Waals surface area (Å²) in [5, 5.41) is 3.60. The van der Waals surface area contributed by atoms with Crippen LogP contribution in [0.3, 0.4) is 0 Å². The van der Waals surface area contributed by atoms with Gasteiger partial charge < -0.3 is 10.2 Å². The molecule has 1 aliphatic rings. The highest BCUT2D eigenvalue weighted by molar-refractivity contribution is 7.16. The summed E-state index contributed by atoms with van der Waals surface area (Å²) in [6.07, 6.45) is 9.14. The van der Waals surface area contributed by atoms with Gasteiger partial charge in [0, 0.05) is 16.5 Å². The zero-order valence-electron chi connectivity index (χ0n) is 12.9. The number of rotatable bonds is 5. The van der Waals surface area contributed by atoms with Crippen molar-refractivity contribution in [1.29, 1.82) is 0 Å². The fraction of sp³-hybridized carbons (Fsp3) is 0.750. The van der Waals surface area contributed by atoms with Gasteiger partial charge in [0.1, 0.15) is 0 Å². The Kier molecular flexibility index (Phi) is 5.91. The fourth-order valence-corrected chi connectivity index (χ4v) is 4.80. The molecule has 1 atom stereocenters. The molecule has 0 aromatic carbocycles. The van der Waals surface area contributed by atoms with Gasteiger partial charge in [0.15, 0.2) is 0 Å². The standard InChI is InChI=1S/C16H27ClN2S/c1-18-14(12-13-8-9-15(17)20-13)16(19(2)3)10-6-4-5-7-11-16/h8-9,14,18H,4-7,10-12H2,1-3H3. The average molecular weight is 315 g/mol. The third-order valence-corrected chi connectivity index (χ3v) is 6.14. The van der Waals surface area contributed by atoms with Gasteiger partial charge in [-0.1, -0.05) is 37.3 Å². The van der Waals surface area contributed by atoms with E-state index in [2.05, 4.69) is 37.4 Å². The van der Waals surface area contributed by atoms with Crippen molar-refractivity contribution in [1.82, 2.24) is 10.2 Å². The van der Waals surface area contributed by atoms with E-state index in [-0.39, 0.29) is 5.54 Å². The molecule has 2 rings (SSSR count). The van der Waals surface area contributed by atoms with Gasteiger partial charge in [-0.2, -0.15) is 0 Å². The molecular weight excluding hydrogens is 288 g/mol. The van der Waals surface area contributed by atoms with Crippen molar-refractivity contribution in [3.63, 3.8) is 0 Å². The van der Waals surface area contributed by atoms with Crippen LogP contribution in [-0.4, -0.2) is 37.6 Å². The van der Waals surface area contributed by atoms with E-state index in [1.54, 1.807) is 11.3 Å². The third kappa shape index (κ3) is 3.56. The first-order valence-corrected chi connectivity index (χ1v) is 8.87. The van der Waals surface area contributed by atoms with Crippen LogP contribution in [0.5, 0.6) is 0 Å². The molecule has 0 spiro atoms. The van der Waals surface area contributed by atoms with Gasteiger partial charge in [-0.15, -0.1) is 11.3 Å². The molecule has 4 heteroatoms. The maximum Gasteiger partial charge on any atom is 0.0931 e. The van der Waals surface area contributed by atoms with Crippen molar-refractivity contribution in [2.75, 3.05) is 21.1 Å². The molecule has 2 nitrogen and oxygen atoms in total. The molecule has 1 aromatic rings. The number of nitrogens with zero attached hydrogens (tertiary/aromatic N) is 1. The Labute approximate surface area is 132 Å². The quantitative estimate of drug-likeness (QED) is 0.820. The van der Waals surface area contributed by atoms with Gasteiger partial charge >= 0.3 is 0 Å². The van der Waals surface area contributed by atoms with Crippen LogP contribution < -0.4 is 5.32 Å². The fourth-order valence-electron chi connectivity index (χ4n) is 3.67. The van der Waals surface area contributed by atoms with Crippen LogP contribution in [0.15, 0.2) is 12.1 Å². The van der Waals surface area contributed by atoms with Gasteiger partial charge in [0.05, 0.1) is 4.34 Å². The summed E-state index contributed by atoms with van der Waals surface area (Å²) < 4.78 is 0.898. The number of hydrogen-bond donors (Lipinski definition) is 1. The summed E-state index contributed by atoms with van der Waals surface area (Å²) in [5.41, 5.74) is 0.279. The average Bonchev–Trinajstić information content (AvgIpc) is 2.68. The lowest BCUT2D eigenvalue weighted by Crippen LogP contribution is -2.59. The lowest BCUT2D eigenvalue weighted by Gasteiger charge is -2.46. The van der Waals surface area contributed by atoms with Crippen LogP contribution in [0.1, 0.15) is 43.4 Å². The van der Waals surface area contributed by atoms with E-state index in [0.29, 0.717) is 6.04 Å². The molecular formula is C16H27ClN2S. The second-order valence-electron chi connectivity index (χ2n) is 6.16. The lowest BCUT2D eigenvalue weighted by molar-refractivity contribution is 0.0839. The highest BCUT2D eigenvalue weighted by atomic mass is 35.5. The van der Waals surface area contributed by atoms with E-state index >= 15 is 0 Å². The summed E-state index contributed by atoms with van der Waals surface area (Å²) in [4.78, 5) is 3.86. The van der Waals surface area contributed by atoms with Crippen LogP contribution in [-0.2, 0) is 6.42 Å². The summed E-state index contributed by atoms with van der Waals surface area (Å²) in [5.74, 6) is 0. The Morgan fingerprint density at radius 1 is 1.25 bits per heavy atom. The highest BCUT2D eigenvalue weighted by Crippen LogP contribution is 2.36. The number of nitrogens with one attached hydrogen (secondary N) is 1. The smallest absolute Gasteiger partial charge is 0.0931 e. The predicted molar refractivity (Wildman–Crippen MR) is 90.0 cm³/mol. The molecule has 1 unspecified atom stereocenters. The Hall–Kier alpha value is -0.0900. The lowest BCUT2D eigenvalue weighted by atomic mass is 9.79. The van der Waals surface area contributed by atoms with E-state index in [1.165, 1.54) is 43.4 Å². The molecule has 20 heavy (non-hydrogen) atoms. The zero-order chi connectivity index (χ0) is 14.6. The summed E-state index contributed by atoms with van der Waals surface area (Å²) >= 11 is 7.80. The molecule has 0 saturated heterocycles. The number of likely N-dealkylation sites (N-methyl/N-ethyl adjacent to an activating group) is 2. The SMILES string of the molecule is CNC(Cc1ccc(Cl)s1)C1(N(C)C)CCCCCC1. The van der Waals surface area contributed by atoms with Crippen molar-refractivity contribution in [3.05, 3.63) is 21.3 Å². The summed E-state index contributed by atoms with van der Waals surface area (Å²) in [7, 11) is 6.60. The summed E-state index contributed by atoms with van der Waals surface area (Å²) in [6, 6.07) is 4.69. The van der Waals surface area contributed by atoms with Gasteiger partial charge in [0.2, 0.25) is 0 Å². The van der Waals surface area contributed by atoms with Gasteiger partial charge in [-0.25, -0.2) is 0 Å². The maximum absolute atomic E-state index is 6.08. The van der Waals surface area contributed by atoms with Gasteiger partial charge in [0.25, 0.3) is 0 Å². The predicted octanol–water partition coefficient (Wildman–Crippen LogP) is 4.19. The second kappa shape index (κ2) is 7.26. The molecule has 0 amide bonds. The monoisotopic (exact) mass is 314 g/mol. The number of thiophene rings is 1. The van der Waals surface area contributed by atoms with E-state index in [1.807, 2.05) is 6.07 Å². The molecule has 114 valence electrons. The molecule has 0 aliphatic heterocycles. The molecule has 1 heterocycles. The molecule has 1 aromatic heterocycles. The van der Waals surface area contributed by atoms with Crippen molar-refractivity contribution >= 4 is 22.9 Å². The maximum atomic E-state index is 6.08. The largest absolute Gasteiger partial charge is 0.315 e. The Balaban J connectivity index is 2.19. The first-order valence-electron chi connectivity index (χ1n) is 7.67. The van der Waals surface area contributed by atoms with E-state index < -0.39 is 0 Å². The van der Waals surface area contributed by atoms with Crippen molar-refractivity contribution in [2.45, 2.75) is 56.5 Å². The molecule has 1 N–H and O–H groups in total. The van der Waals surface area contributed by atoms with Crippen molar-refractivity contribution < 1.29 is 0 Å². The minimum atomic E-state index is 0.279. The summed E-state index contributed by atoms with van der Waals surface area (Å²) in [6.45, 7) is 0. The van der Waals surface area contributed by atoms with E-state index in [0.717, 1.165) is 10.8 Å². The van der Waals surface area contributed by atoms with Crippen LogP contribution in [0.4, 0.5) is 0 Å². The van der Waals surface area contributed by atoms with Crippen LogP contribution >= 0.6 is 22.9 Å². The molecule has 1 saturated carbocycles. The molecule has 0 radical (unpaired) electrons. The Morgan fingerprint density at radius 2 is 1.90 bits per heavy atom.